The van der Waals surface area contributed by atoms with E-state index in [4.69, 9.17) is 18.7 Å². The van der Waals surface area contributed by atoms with Crippen molar-refractivity contribution in [1.29, 1.82) is 0 Å². The monoisotopic (exact) mass is 831 g/mol. The van der Waals surface area contributed by atoms with Crippen molar-refractivity contribution in [2.45, 2.75) is 75.2 Å². The van der Waals surface area contributed by atoms with Crippen LogP contribution in [0.1, 0.15) is 72.4 Å². The molecule has 0 radical (unpaired) electrons. The molecular formula is C32H40N3O15P3S. The number of aromatic nitrogens is 2. The molecule has 1 saturated heterocycles. The molecule has 1 saturated carbocycles. The Kier molecular flexibility index (Phi) is 14.5. The van der Waals surface area contributed by atoms with E-state index in [-0.39, 0.29) is 22.2 Å². The number of nitrogens with zero attached hydrogens (tertiary/aromatic N) is 2. The average molecular weight is 832 g/mol. The minimum absolute atomic E-state index is 0.0630. The fourth-order valence-corrected chi connectivity index (χ4v) is 12.6. The van der Waals surface area contributed by atoms with E-state index >= 15 is 0 Å². The summed E-state index contributed by atoms with van der Waals surface area (Å²) in [6, 6.07) is 16.8. The first-order valence-corrected chi connectivity index (χ1v) is 23.0. The van der Waals surface area contributed by atoms with E-state index in [2.05, 4.69) is 18.9 Å². The SMILES string of the molecule is CCCNc1ccn(C2OC(COP(=O)(O)OP(=O)(O)OP(=O)(O)SC3CCCCC3)C(OC(=O)c3ccccc3)C2OC(=O)c2ccccc2)c(=O)n1. The van der Waals surface area contributed by atoms with E-state index in [1.165, 1.54) is 36.5 Å². The summed E-state index contributed by atoms with van der Waals surface area (Å²) in [6.45, 7) is -3.47. The van der Waals surface area contributed by atoms with E-state index in [1.54, 1.807) is 36.4 Å². The lowest BCUT2D eigenvalue weighted by Gasteiger charge is -2.25. The van der Waals surface area contributed by atoms with Crippen molar-refractivity contribution in [1.82, 2.24) is 9.55 Å². The van der Waals surface area contributed by atoms with Crippen LogP contribution in [0.15, 0.2) is 77.7 Å². The van der Waals surface area contributed by atoms with Gasteiger partial charge in [0.2, 0.25) is 0 Å². The number of phosphoric ester groups is 1. The maximum Gasteiger partial charge on any atom is 0.488 e. The van der Waals surface area contributed by atoms with Crippen molar-refractivity contribution in [2.24, 2.45) is 0 Å². The summed E-state index contributed by atoms with van der Waals surface area (Å²) in [5, 5.41) is 2.63. The predicted molar refractivity (Wildman–Crippen MR) is 195 cm³/mol. The van der Waals surface area contributed by atoms with E-state index < -0.39 is 71.2 Å². The van der Waals surface area contributed by atoms with Gasteiger partial charge in [0.15, 0.2) is 18.4 Å². The van der Waals surface area contributed by atoms with Crippen LogP contribution in [0.5, 0.6) is 0 Å². The average Bonchev–Trinajstić information content (AvgIpc) is 3.45. The molecule has 18 nitrogen and oxygen atoms in total. The lowest BCUT2D eigenvalue weighted by atomic mass is 10.0. The molecule has 54 heavy (non-hydrogen) atoms. The predicted octanol–water partition coefficient (Wildman–Crippen LogP) is 5.83. The van der Waals surface area contributed by atoms with E-state index in [0.717, 1.165) is 30.3 Å². The molecule has 1 aromatic heterocycles. The standard InChI is InChI=1S/C32H40N3O15P3S/c1-2-19-33-26-18-20-35(32(38)34-26)29-28(48-31(37)23-14-8-4-9-15-23)27(47-30(36)22-12-6-3-7-13-22)25(46-29)21-45-51(39,40)49-52(41,42)50-53(43,44)54-24-16-10-5-11-17-24/h3-4,6-9,12-15,18,20,24-25,27-29H,2,5,10-11,16-17,19,21H2,1H3,(H,39,40)(H,41,42)(H,43,44)(H,33,34,38). The molecule has 0 bridgehead atoms. The van der Waals surface area contributed by atoms with Gasteiger partial charge in [0.25, 0.3) is 0 Å². The Hall–Kier alpha value is -3.18. The number of carbonyl (C=O) groups excluding carboxylic acids is 2. The lowest BCUT2D eigenvalue weighted by molar-refractivity contribution is -0.0596. The maximum atomic E-state index is 13.4. The molecule has 22 heteroatoms. The largest absolute Gasteiger partial charge is 0.488 e. The number of carbonyl (C=O) groups is 2. The van der Waals surface area contributed by atoms with Gasteiger partial charge in [-0.15, -0.1) is 0 Å². The van der Waals surface area contributed by atoms with Gasteiger partial charge in [-0.1, -0.05) is 62.6 Å². The van der Waals surface area contributed by atoms with Gasteiger partial charge in [0.05, 0.1) is 17.7 Å². The number of hydrogen-bond donors (Lipinski definition) is 4. The van der Waals surface area contributed by atoms with Gasteiger partial charge in [0.1, 0.15) is 11.9 Å². The van der Waals surface area contributed by atoms with Crippen LogP contribution in [0.2, 0.25) is 0 Å². The zero-order valence-electron chi connectivity index (χ0n) is 28.9. The van der Waals surface area contributed by atoms with Gasteiger partial charge < -0.3 is 34.2 Å². The van der Waals surface area contributed by atoms with Crippen LogP contribution < -0.4 is 11.0 Å². The second-order valence-electron chi connectivity index (χ2n) is 12.2. The smallest absolute Gasteiger partial charge is 0.452 e. The summed E-state index contributed by atoms with van der Waals surface area (Å²) < 4.78 is 70.6. The van der Waals surface area contributed by atoms with E-state index in [0.29, 0.717) is 30.8 Å². The van der Waals surface area contributed by atoms with Gasteiger partial charge in [-0.05, 0) is 61.0 Å². The van der Waals surface area contributed by atoms with Crippen molar-refractivity contribution < 1.29 is 65.3 Å². The summed E-state index contributed by atoms with van der Waals surface area (Å²) >= 11 is 0.438. The maximum absolute atomic E-state index is 13.4. The van der Waals surface area contributed by atoms with E-state index in [1.807, 2.05) is 6.92 Å². The minimum atomic E-state index is -5.71. The molecule has 4 N–H and O–H groups in total. The molecule has 7 atom stereocenters. The number of hydrogen-bond acceptors (Lipinski definition) is 15. The van der Waals surface area contributed by atoms with Crippen molar-refractivity contribution in [3.05, 3.63) is 94.5 Å². The van der Waals surface area contributed by atoms with Crippen molar-refractivity contribution in [2.75, 3.05) is 18.5 Å². The van der Waals surface area contributed by atoms with Crippen LogP contribution in [0, 0.1) is 0 Å². The number of ether oxygens (including phenoxy) is 3. The molecule has 3 aromatic rings. The highest BCUT2D eigenvalue weighted by atomic mass is 32.7. The first-order valence-electron chi connectivity index (χ1n) is 16.9. The number of nitrogens with one attached hydrogen (secondary N) is 1. The molecule has 2 heterocycles. The lowest BCUT2D eigenvalue weighted by Crippen LogP contribution is -2.42. The number of benzene rings is 2. The Morgan fingerprint density at radius 2 is 1.46 bits per heavy atom. The van der Waals surface area contributed by atoms with Gasteiger partial charge in [0, 0.05) is 18.0 Å². The zero-order valence-corrected chi connectivity index (χ0v) is 32.4. The highest BCUT2D eigenvalue weighted by Crippen LogP contribution is 2.72. The fraction of sp³-hybridized carbons (Fsp3) is 0.438. The van der Waals surface area contributed by atoms with Crippen LogP contribution in [0.25, 0.3) is 0 Å². The third kappa shape index (κ3) is 11.9. The molecule has 0 amide bonds. The van der Waals surface area contributed by atoms with Gasteiger partial charge in [-0.3, -0.25) is 9.09 Å². The minimum Gasteiger partial charge on any atom is -0.452 e. The molecule has 2 aromatic carbocycles. The summed E-state index contributed by atoms with van der Waals surface area (Å²) in [7, 11) is -11.3. The Bertz CT molecular complexity index is 1950. The Balaban J connectivity index is 1.41. The third-order valence-electron chi connectivity index (χ3n) is 8.10. The number of anilines is 1. The van der Waals surface area contributed by atoms with Crippen LogP contribution in [-0.4, -0.2) is 72.9 Å². The van der Waals surface area contributed by atoms with Gasteiger partial charge in [-0.2, -0.15) is 13.6 Å². The first-order chi connectivity index (χ1) is 25.7. The molecule has 0 spiro atoms. The van der Waals surface area contributed by atoms with Crippen molar-refractivity contribution in [3.8, 4) is 0 Å². The van der Waals surface area contributed by atoms with Crippen LogP contribution in [0.3, 0.4) is 0 Å². The molecule has 1 aliphatic heterocycles. The second kappa shape index (κ2) is 18.6. The number of esters is 2. The van der Waals surface area contributed by atoms with Crippen molar-refractivity contribution in [3.63, 3.8) is 0 Å². The Labute approximate surface area is 314 Å². The zero-order chi connectivity index (χ0) is 38.9. The molecule has 2 aliphatic rings. The summed E-state index contributed by atoms with van der Waals surface area (Å²) in [5.41, 5.74) is -0.720. The number of phosphoric acid groups is 2. The molecule has 5 rings (SSSR count). The highest BCUT2D eigenvalue weighted by molar-refractivity contribution is 8.55. The second-order valence-corrected chi connectivity index (χ2v) is 19.5. The quantitative estimate of drug-likeness (QED) is 0.0922. The van der Waals surface area contributed by atoms with Gasteiger partial charge >= 0.3 is 40.1 Å². The molecule has 7 unspecified atom stereocenters. The summed E-state index contributed by atoms with van der Waals surface area (Å²) in [4.78, 5) is 74.9. The molecule has 1 aliphatic carbocycles. The first kappa shape index (κ1) is 42.0. The third-order valence-corrected chi connectivity index (χ3v) is 15.2. The molecule has 294 valence electrons. The Morgan fingerprint density at radius 3 is 2.04 bits per heavy atom. The highest BCUT2D eigenvalue weighted by Gasteiger charge is 2.52. The van der Waals surface area contributed by atoms with Crippen LogP contribution in [0.4, 0.5) is 5.82 Å². The molecular weight excluding hydrogens is 791 g/mol. The van der Waals surface area contributed by atoms with Crippen LogP contribution in [-0.2, 0) is 41.1 Å². The van der Waals surface area contributed by atoms with Crippen molar-refractivity contribution >= 4 is 51.6 Å². The fourth-order valence-electron chi connectivity index (χ4n) is 5.67. The van der Waals surface area contributed by atoms with Crippen LogP contribution >= 0.6 is 33.8 Å². The Morgan fingerprint density at radius 1 is 0.870 bits per heavy atom. The van der Waals surface area contributed by atoms with E-state index in [9.17, 15) is 42.8 Å². The van der Waals surface area contributed by atoms with Gasteiger partial charge in [-0.25, -0.2) is 28.1 Å². The summed E-state index contributed by atoms with van der Waals surface area (Å²) in [5.74, 6) is -1.61. The normalized spacial score (nSPS) is 23.7. The number of rotatable bonds is 17. The molecule has 2 fully saturated rings. The summed E-state index contributed by atoms with van der Waals surface area (Å²) in [6.07, 6.45) is -0.776. The topological polar surface area (TPSA) is 248 Å².